The third kappa shape index (κ3) is 7.22. The van der Waals surface area contributed by atoms with Crippen molar-refractivity contribution < 1.29 is 24.3 Å². The second kappa shape index (κ2) is 13.5. The molecule has 4 rings (SSSR count). The average molecular weight is 547 g/mol. The van der Waals surface area contributed by atoms with Gasteiger partial charge in [-0.25, -0.2) is 14.5 Å². The summed E-state index contributed by atoms with van der Waals surface area (Å²) >= 11 is 0. The Morgan fingerprint density at radius 1 is 0.846 bits per heavy atom. The lowest BCUT2D eigenvalue weighted by atomic mass is 9.78. The van der Waals surface area contributed by atoms with Crippen molar-refractivity contribution in [2.24, 2.45) is 23.5 Å². The number of nitrogens with two attached hydrogens (primary N) is 1. The van der Waals surface area contributed by atoms with Gasteiger partial charge in [0.05, 0.1) is 5.92 Å². The zero-order valence-corrected chi connectivity index (χ0v) is 23.2. The van der Waals surface area contributed by atoms with Crippen LogP contribution >= 0.6 is 0 Å². The van der Waals surface area contributed by atoms with Crippen LogP contribution < -0.4 is 5.73 Å². The van der Waals surface area contributed by atoms with Gasteiger partial charge in [0.15, 0.2) is 12.0 Å². The highest BCUT2D eigenvalue weighted by Gasteiger charge is 2.56. The number of urea groups is 1. The van der Waals surface area contributed by atoms with Crippen LogP contribution in [0.4, 0.5) is 4.79 Å². The van der Waals surface area contributed by atoms with E-state index in [4.69, 9.17) is 11.1 Å². The fraction of sp³-hybridized carbons (Fsp3) is 0.821. The number of carboxylic acids is 1. The smallest absolute Gasteiger partial charge is 0.327 e. The molecular formula is C28H46N6O5. The van der Waals surface area contributed by atoms with Crippen molar-refractivity contribution in [3.8, 4) is 0 Å². The number of β-lactam (4-membered cyclic amide) rings is 1. The second-order valence-electron chi connectivity index (χ2n) is 11.9. The quantitative estimate of drug-likeness (QED) is 0.174. The zero-order valence-electron chi connectivity index (χ0n) is 23.2. The number of carboxylic acid groups (broad SMARTS) is 1. The van der Waals surface area contributed by atoms with Gasteiger partial charge in [0.1, 0.15) is 0 Å². The Bertz CT molecular complexity index is 914. The number of hydrogen-bond donors (Lipinski definition) is 3. The molecule has 11 nitrogen and oxygen atoms in total. The number of likely N-dealkylation sites (tertiary alicyclic amines) is 2. The van der Waals surface area contributed by atoms with Crippen LogP contribution in [0.15, 0.2) is 0 Å². The van der Waals surface area contributed by atoms with E-state index in [0.717, 1.165) is 36.5 Å². The molecular weight excluding hydrogens is 500 g/mol. The van der Waals surface area contributed by atoms with E-state index in [1.165, 1.54) is 49.8 Å². The van der Waals surface area contributed by atoms with Gasteiger partial charge in [0.25, 0.3) is 0 Å². The van der Waals surface area contributed by atoms with Crippen molar-refractivity contribution in [2.75, 3.05) is 39.3 Å². The van der Waals surface area contributed by atoms with Crippen LogP contribution in [-0.4, -0.2) is 99.8 Å². The molecule has 0 bridgehead atoms. The van der Waals surface area contributed by atoms with Crippen LogP contribution in [0.1, 0.15) is 83.5 Å². The summed E-state index contributed by atoms with van der Waals surface area (Å²) in [4.78, 5) is 56.8. The summed E-state index contributed by atoms with van der Waals surface area (Å²) in [6.07, 6.45) is 13.8. The Hall–Kier alpha value is -2.85. The Labute approximate surface area is 231 Å². The molecule has 4 amide bonds. The number of amides is 4. The summed E-state index contributed by atoms with van der Waals surface area (Å²) in [7, 11) is 0. The maximum atomic E-state index is 13.1. The number of carbonyl (C=O) groups excluding carboxylic acids is 3. The van der Waals surface area contributed by atoms with E-state index in [1.54, 1.807) is 9.80 Å². The third-order valence-electron chi connectivity index (χ3n) is 9.25. The van der Waals surface area contributed by atoms with Gasteiger partial charge in [0, 0.05) is 45.7 Å². The second-order valence-corrected chi connectivity index (χ2v) is 11.9. The highest BCUT2D eigenvalue weighted by Crippen LogP contribution is 2.36. The molecule has 3 aliphatic heterocycles. The van der Waals surface area contributed by atoms with Crippen molar-refractivity contribution >= 4 is 29.8 Å². The number of nitrogens with one attached hydrogen (secondary N) is 1. The molecule has 0 spiro atoms. The largest absolute Gasteiger partial charge is 0.480 e. The van der Waals surface area contributed by atoms with Gasteiger partial charge in [-0.1, -0.05) is 51.4 Å². The number of rotatable bonds is 9. The number of nitrogens with zero attached hydrogens (tertiary/aromatic N) is 4. The highest BCUT2D eigenvalue weighted by molar-refractivity contribution is 6.07. The minimum absolute atomic E-state index is 0.0153. The first-order valence-corrected chi connectivity index (χ1v) is 15.0. The number of aliphatic carboxylic acids is 1. The topological polar surface area (TPSA) is 151 Å². The maximum Gasteiger partial charge on any atom is 0.327 e. The molecule has 4 fully saturated rings. The number of piperidine rings is 1. The van der Waals surface area contributed by atoms with Gasteiger partial charge in [-0.2, -0.15) is 0 Å². The van der Waals surface area contributed by atoms with E-state index in [2.05, 4.69) is 0 Å². The third-order valence-corrected chi connectivity index (χ3v) is 9.25. The molecule has 1 saturated carbocycles. The predicted molar refractivity (Wildman–Crippen MR) is 146 cm³/mol. The molecule has 3 heterocycles. The molecule has 3 atom stereocenters. The van der Waals surface area contributed by atoms with Crippen LogP contribution in [0.2, 0.25) is 0 Å². The first-order chi connectivity index (χ1) is 18.8. The Morgan fingerprint density at radius 2 is 1.51 bits per heavy atom. The molecule has 39 heavy (non-hydrogen) atoms. The molecule has 0 aromatic heterocycles. The van der Waals surface area contributed by atoms with Gasteiger partial charge >= 0.3 is 12.0 Å². The van der Waals surface area contributed by atoms with Crippen molar-refractivity contribution in [3.05, 3.63) is 0 Å². The van der Waals surface area contributed by atoms with Gasteiger partial charge in [0.2, 0.25) is 11.8 Å². The molecule has 2 unspecified atom stereocenters. The van der Waals surface area contributed by atoms with Crippen molar-refractivity contribution in [1.29, 1.82) is 5.41 Å². The lowest BCUT2D eigenvalue weighted by Gasteiger charge is -2.47. The lowest BCUT2D eigenvalue weighted by Crippen LogP contribution is -2.70. The zero-order chi connectivity index (χ0) is 27.9. The van der Waals surface area contributed by atoms with Crippen LogP contribution in [0, 0.1) is 23.2 Å². The molecule has 4 aliphatic rings. The molecule has 4 N–H and O–H groups in total. The Morgan fingerprint density at radius 3 is 2.18 bits per heavy atom. The molecule has 0 aromatic rings. The molecule has 0 radical (unpaired) electrons. The summed E-state index contributed by atoms with van der Waals surface area (Å²) in [5, 5.41) is 17.5. The average Bonchev–Trinajstić information content (AvgIpc) is 2.94. The van der Waals surface area contributed by atoms with E-state index in [-0.39, 0.29) is 17.8 Å². The summed E-state index contributed by atoms with van der Waals surface area (Å²) in [6.45, 7) is 2.60. The summed E-state index contributed by atoms with van der Waals surface area (Å²) in [5.74, 6) is -1.35. The van der Waals surface area contributed by atoms with Gasteiger partial charge < -0.3 is 25.5 Å². The van der Waals surface area contributed by atoms with Crippen LogP contribution in [0.5, 0.6) is 0 Å². The number of guanidine groups is 1. The van der Waals surface area contributed by atoms with Gasteiger partial charge in [-0.15, -0.1) is 0 Å². The van der Waals surface area contributed by atoms with Crippen LogP contribution in [0.3, 0.4) is 0 Å². The summed E-state index contributed by atoms with van der Waals surface area (Å²) < 4.78 is 0. The minimum atomic E-state index is -1.18. The number of hydrogen-bond acceptors (Lipinski definition) is 5. The summed E-state index contributed by atoms with van der Waals surface area (Å²) in [6, 6.07) is -1.75. The highest BCUT2D eigenvalue weighted by atomic mass is 16.4. The number of imide groups is 1. The number of piperazine rings is 1. The summed E-state index contributed by atoms with van der Waals surface area (Å²) in [5.41, 5.74) is 5.61. The first kappa shape index (κ1) is 29.1. The predicted octanol–water partition coefficient (Wildman–Crippen LogP) is 2.69. The normalized spacial score (nSPS) is 26.4. The monoisotopic (exact) mass is 546 g/mol. The van der Waals surface area contributed by atoms with E-state index in [0.29, 0.717) is 52.1 Å². The standard InChI is InChI=1S/C28H46N6O5/c29-27(30)33-13-7-11-21(19-33)18-22-24(26(37)38)34(25(22)36)28(39)32-16-14-31(15-17-32)23(35)12-6-2-5-10-20-8-3-1-4-9-20/h20-22,24H,1-19H2,(H3,29,30)(H,37,38)/t21?,22-,24?/m1/s1. The first-order valence-electron chi connectivity index (χ1n) is 15.0. The molecule has 3 saturated heterocycles. The molecule has 0 aromatic carbocycles. The van der Waals surface area contributed by atoms with E-state index < -0.39 is 29.9 Å². The minimum Gasteiger partial charge on any atom is -0.480 e. The van der Waals surface area contributed by atoms with Crippen LogP contribution in [0.25, 0.3) is 0 Å². The van der Waals surface area contributed by atoms with Gasteiger partial charge in [-0.3, -0.25) is 15.0 Å². The van der Waals surface area contributed by atoms with E-state index in [9.17, 15) is 24.3 Å². The fourth-order valence-electron chi connectivity index (χ4n) is 6.93. The molecule has 11 heteroatoms. The molecule has 218 valence electrons. The van der Waals surface area contributed by atoms with Crippen molar-refractivity contribution in [3.63, 3.8) is 0 Å². The van der Waals surface area contributed by atoms with E-state index in [1.807, 2.05) is 0 Å². The van der Waals surface area contributed by atoms with Crippen LogP contribution in [-0.2, 0) is 14.4 Å². The Kier molecular flexibility index (Phi) is 10.1. The molecule has 1 aliphatic carbocycles. The number of unbranched alkanes of at least 4 members (excludes halogenated alkanes) is 2. The van der Waals surface area contributed by atoms with Gasteiger partial charge in [-0.05, 0) is 37.5 Å². The Balaban J connectivity index is 1.19. The van der Waals surface area contributed by atoms with E-state index >= 15 is 0 Å². The number of carbonyl (C=O) groups is 4. The maximum absolute atomic E-state index is 13.1. The SMILES string of the molecule is N=C(N)N1CCCC(C[C@H]2C(=O)N(C(=O)N3CCN(C(=O)CCCCCC4CCCCC4)CC3)C2C(=O)O)C1. The fourth-order valence-corrected chi connectivity index (χ4v) is 6.93. The van der Waals surface area contributed by atoms with Crippen molar-refractivity contribution in [2.45, 2.75) is 89.5 Å². The van der Waals surface area contributed by atoms with Crippen molar-refractivity contribution in [1.82, 2.24) is 19.6 Å². The lowest BCUT2D eigenvalue weighted by molar-refractivity contribution is -0.167.